The van der Waals surface area contributed by atoms with Gasteiger partial charge in [-0.15, -0.1) is 0 Å². The molecule has 2 rings (SSSR count). The Morgan fingerprint density at radius 1 is 1.39 bits per heavy atom. The topological polar surface area (TPSA) is 32.3 Å². The molecule has 1 aliphatic heterocycles. The van der Waals surface area contributed by atoms with Crippen molar-refractivity contribution < 1.29 is 4.21 Å². The molecule has 0 aliphatic carbocycles. The van der Waals surface area contributed by atoms with Gasteiger partial charge in [0.05, 0.1) is 0 Å². The van der Waals surface area contributed by atoms with E-state index in [2.05, 4.69) is 40.5 Å². The maximum atomic E-state index is 11.5. The van der Waals surface area contributed by atoms with Crippen LogP contribution in [-0.4, -0.2) is 46.8 Å². The summed E-state index contributed by atoms with van der Waals surface area (Å²) in [5, 5.41) is 3.55. The van der Waals surface area contributed by atoms with E-state index in [1.807, 2.05) is 6.92 Å². The molecular formula is C14H22N2OS. The number of hydrogen-bond donors (Lipinski definition) is 1. The number of nitrogens with one attached hydrogen (secondary N) is 1. The molecular weight excluding hydrogens is 244 g/mol. The molecule has 0 aromatic heterocycles. The van der Waals surface area contributed by atoms with Crippen LogP contribution in [0.4, 0.5) is 0 Å². The predicted molar refractivity (Wildman–Crippen MR) is 77.2 cm³/mol. The van der Waals surface area contributed by atoms with E-state index in [1.54, 1.807) is 0 Å². The number of hydrogen-bond acceptors (Lipinski definition) is 3. The van der Waals surface area contributed by atoms with Gasteiger partial charge in [-0.05, 0) is 5.56 Å². The van der Waals surface area contributed by atoms with Crippen molar-refractivity contribution in [1.29, 1.82) is 0 Å². The Morgan fingerprint density at radius 2 is 2.17 bits per heavy atom. The van der Waals surface area contributed by atoms with Gasteiger partial charge >= 0.3 is 0 Å². The van der Waals surface area contributed by atoms with Gasteiger partial charge < -0.3 is 5.32 Å². The van der Waals surface area contributed by atoms with Crippen LogP contribution in [0.1, 0.15) is 18.5 Å². The molecule has 100 valence electrons. The summed E-state index contributed by atoms with van der Waals surface area (Å²) in [6.45, 7) is 6.03. The summed E-state index contributed by atoms with van der Waals surface area (Å²) in [6.07, 6.45) is 0. The molecule has 4 heteroatoms. The first-order valence-corrected chi connectivity index (χ1v) is 8.14. The molecule has 0 amide bonds. The Balaban J connectivity index is 1.87. The molecule has 0 spiro atoms. The number of nitrogens with zero attached hydrogens (tertiary/aromatic N) is 1. The summed E-state index contributed by atoms with van der Waals surface area (Å²) in [4.78, 5) is 2.42. The van der Waals surface area contributed by atoms with Gasteiger partial charge in [-0.25, -0.2) is 0 Å². The molecule has 1 N–H and O–H groups in total. The summed E-state index contributed by atoms with van der Waals surface area (Å²) in [5.41, 5.74) is 1.35. The lowest BCUT2D eigenvalue weighted by molar-refractivity contribution is 0.211. The second kappa shape index (κ2) is 7.02. The summed E-state index contributed by atoms with van der Waals surface area (Å²) < 4.78 is 11.5. The second-order valence-corrected chi connectivity index (χ2v) is 6.52. The normalized spacial score (nSPS) is 22.8. The Kier molecular flexibility index (Phi) is 5.35. The molecule has 2 unspecified atom stereocenters. The van der Waals surface area contributed by atoms with Crippen LogP contribution in [0.25, 0.3) is 0 Å². The minimum Gasteiger partial charge on any atom is -0.308 e. The van der Waals surface area contributed by atoms with Crippen molar-refractivity contribution >= 4 is 10.8 Å². The largest absolute Gasteiger partial charge is 0.308 e. The average molecular weight is 266 g/mol. The number of piperazine rings is 1. The minimum atomic E-state index is -0.646. The summed E-state index contributed by atoms with van der Waals surface area (Å²) in [5.74, 6) is 1.58. The van der Waals surface area contributed by atoms with Gasteiger partial charge in [0.15, 0.2) is 0 Å². The van der Waals surface area contributed by atoms with Gasteiger partial charge in [-0.3, -0.25) is 9.11 Å². The highest BCUT2D eigenvalue weighted by molar-refractivity contribution is 7.84. The van der Waals surface area contributed by atoms with Crippen LogP contribution >= 0.6 is 0 Å². The molecule has 1 aromatic carbocycles. The third-order valence-corrected chi connectivity index (χ3v) is 4.70. The lowest BCUT2D eigenvalue weighted by Crippen LogP contribution is -2.46. The third kappa shape index (κ3) is 3.90. The molecule has 0 bridgehead atoms. The summed E-state index contributed by atoms with van der Waals surface area (Å²) in [7, 11) is -0.646. The molecule has 0 radical (unpaired) electrons. The highest BCUT2D eigenvalue weighted by Gasteiger charge is 2.20. The van der Waals surface area contributed by atoms with Crippen LogP contribution < -0.4 is 5.32 Å². The lowest BCUT2D eigenvalue weighted by atomic mass is 10.0. The van der Waals surface area contributed by atoms with Crippen LogP contribution in [0.3, 0.4) is 0 Å². The fraction of sp³-hybridized carbons (Fsp3) is 0.571. The van der Waals surface area contributed by atoms with E-state index in [9.17, 15) is 4.21 Å². The first-order valence-electron chi connectivity index (χ1n) is 6.65. The van der Waals surface area contributed by atoms with Gasteiger partial charge in [0, 0.05) is 54.5 Å². The zero-order chi connectivity index (χ0) is 12.8. The quantitative estimate of drug-likeness (QED) is 0.874. The molecule has 1 saturated heterocycles. The monoisotopic (exact) mass is 266 g/mol. The Hall–Kier alpha value is -0.710. The zero-order valence-corrected chi connectivity index (χ0v) is 11.8. The van der Waals surface area contributed by atoms with Crippen molar-refractivity contribution in [3.05, 3.63) is 35.9 Å². The van der Waals surface area contributed by atoms with Crippen molar-refractivity contribution in [2.45, 2.75) is 13.0 Å². The van der Waals surface area contributed by atoms with Gasteiger partial charge in [-0.1, -0.05) is 37.3 Å². The van der Waals surface area contributed by atoms with Crippen molar-refractivity contribution in [2.24, 2.45) is 0 Å². The first kappa shape index (κ1) is 13.7. The maximum absolute atomic E-state index is 11.5. The van der Waals surface area contributed by atoms with Gasteiger partial charge in [0.25, 0.3) is 0 Å². The van der Waals surface area contributed by atoms with Crippen LogP contribution in [0.15, 0.2) is 30.3 Å². The molecule has 2 atom stereocenters. The first-order chi connectivity index (χ1) is 8.79. The highest BCUT2D eigenvalue weighted by Crippen LogP contribution is 2.16. The van der Waals surface area contributed by atoms with E-state index in [-0.39, 0.29) is 0 Å². The Bertz CT molecular complexity index is 383. The molecule has 1 heterocycles. The molecule has 1 aromatic rings. The fourth-order valence-corrected chi connectivity index (χ4v) is 3.05. The van der Waals surface area contributed by atoms with E-state index in [0.717, 1.165) is 37.7 Å². The van der Waals surface area contributed by atoms with Crippen molar-refractivity contribution in [3.63, 3.8) is 0 Å². The summed E-state index contributed by atoms with van der Waals surface area (Å²) >= 11 is 0. The molecule has 1 aliphatic rings. The Labute approximate surface area is 112 Å². The second-order valence-electron chi connectivity index (χ2n) is 4.65. The van der Waals surface area contributed by atoms with Crippen molar-refractivity contribution in [3.8, 4) is 0 Å². The molecule has 3 nitrogen and oxygen atoms in total. The fourth-order valence-electron chi connectivity index (χ4n) is 2.30. The van der Waals surface area contributed by atoms with E-state index < -0.39 is 10.8 Å². The minimum absolute atomic E-state index is 0.412. The smallest absolute Gasteiger partial charge is 0.0449 e. The van der Waals surface area contributed by atoms with Crippen LogP contribution in [0.2, 0.25) is 0 Å². The predicted octanol–water partition coefficient (Wildman–Crippen LogP) is 1.40. The highest BCUT2D eigenvalue weighted by atomic mass is 32.2. The van der Waals surface area contributed by atoms with Gasteiger partial charge in [-0.2, -0.15) is 0 Å². The van der Waals surface area contributed by atoms with E-state index in [1.165, 1.54) is 5.56 Å². The summed E-state index contributed by atoms with van der Waals surface area (Å²) in [6, 6.07) is 11.0. The van der Waals surface area contributed by atoms with E-state index in [0.29, 0.717) is 6.04 Å². The van der Waals surface area contributed by atoms with Gasteiger partial charge in [0.2, 0.25) is 0 Å². The number of benzene rings is 1. The Morgan fingerprint density at radius 3 is 2.89 bits per heavy atom. The van der Waals surface area contributed by atoms with Crippen LogP contribution in [-0.2, 0) is 10.8 Å². The SMILES string of the molecule is CCS(=O)CCN1CCNC(c2ccccc2)C1. The third-order valence-electron chi connectivity index (χ3n) is 3.42. The zero-order valence-electron chi connectivity index (χ0n) is 11.0. The van der Waals surface area contributed by atoms with Crippen LogP contribution in [0.5, 0.6) is 0 Å². The molecule has 18 heavy (non-hydrogen) atoms. The van der Waals surface area contributed by atoms with E-state index >= 15 is 0 Å². The maximum Gasteiger partial charge on any atom is 0.0449 e. The standard InChI is InChI=1S/C14H22N2OS/c1-2-18(17)11-10-16-9-8-15-14(12-16)13-6-4-3-5-7-13/h3-7,14-15H,2,8-12H2,1H3. The number of rotatable bonds is 5. The average Bonchev–Trinajstić information content (AvgIpc) is 2.46. The van der Waals surface area contributed by atoms with Gasteiger partial charge in [0.1, 0.15) is 0 Å². The molecule has 0 saturated carbocycles. The van der Waals surface area contributed by atoms with Crippen molar-refractivity contribution in [1.82, 2.24) is 10.2 Å². The van der Waals surface area contributed by atoms with Crippen LogP contribution in [0, 0.1) is 0 Å². The van der Waals surface area contributed by atoms with E-state index in [4.69, 9.17) is 0 Å². The lowest BCUT2D eigenvalue weighted by Gasteiger charge is -2.33. The molecule has 1 fully saturated rings. The van der Waals surface area contributed by atoms with Crippen molar-refractivity contribution in [2.75, 3.05) is 37.7 Å².